The van der Waals surface area contributed by atoms with Gasteiger partial charge >= 0.3 is 0 Å². The van der Waals surface area contributed by atoms with Gasteiger partial charge in [0.1, 0.15) is 11.6 Å². The number of hydrogen-bond donors (Lipinski definition) is 0. The number of thiophene rings is 1. The number of hydrogen-bond acceptors (Lipinski definition) is 2. The lowest BCUT2D eigenvalue weighted by Crippen LogP contribution is -2.32. The number of rotatable bonds is 4. The normalized spacial score (nSPS) is 21.4. The van der Waals surface area contributed by atoms with Crippen LogP contribution in [0.1, 0.15) is 37.7 Å². The molecule has 0 N–H and O–H groups in total. The van der Waals surface area contributed by atoms with Crippen molar-refractivity contribution in [3.8, 4) is 22.4 Å². The van der Waals surface area contributed by atoms with Crippen molar-refractivity contribution in [3.05, 3.63) is 90.1 Å². The predicted octanol–water partition coefficient (Wildman–Crippen LogP) is 9.43. The van der Waals surface area contributed by atoms with E-state index < -0.39 is 11.6 Å². The van der Waals surface area contributed by atoms with E-state index in [1.807, 2.05) is 18.3 Å². The van der Waals surface area contributed by atoms with E-state index in [0.717, 1.165) is 57.1 Å². The number of halogens is 2. The number of aromatic nitrogens is 1. The fourth-order valence-electron chi connectivity index (χ4n) is 6.72. The first-order valence-corrected chi connectivity index (χ1v) is 13.8. The monoisotopic (exact) mass is 495 g/mol. The maximum absolute atomic E-state index is 13.8. The molecule has 2 heterocycles. The Morgan fingerprint density at radius 2 is 1.64 bits per heavy atom. The zero-order chi connectivity index (χ0) is 24.2. The first kappa shape index (κ1) is 22.1. The highest BCUT2D eigenvalue weighted by molar-refractivity contribution is 7.26. The second kappa shape index (κ2) is 8.77. The van der Waals surface area contributed by atoms with Crippen molar-refractivity contribution < 1.29 is 8.78 Å². The van der Waals surface area contributed by atoms with Crippen LogP contribution in [0.2, 0.25) is 0 Å². The standard InChI is InChI=1S/C32H27F2NS/c33-25-15-24(16-26(34)18-25)22-8-9-27-28-2-1-3-29(32(28)36-31(27)17-22)30-14-20(10-11-35-30)13-23-12-19-4-6-21(23)7-5-19/h1-3,8-11,14-19,21,23H,4-7,12-13H2. The first-order chi connectivity index (χ1) is 17.6. The van der Waals surface area contributed by atoms with Crippen molar-refractivity contribution in [3.63, 3.8) is 0 Å². The molecule has 0 radical (unpaired) electrons. The smallest absolute Gasteiger partial charge is 0.126 e. The zero-order valence-electron chi connectivity index (χ0n) is 20.0. The summed E-state index contributed by atoms with van der Waals surface area (Å²) in [6.45, 7) is 0. The van der Waals surface area contributed by atoms with Crippen LogP contribution in [0.15, 0.2) is 72.9 Å². The van der Waals surface area contributed by atoms with E-state index in [2.05, 4.69) is 36.4 Å². The van der Waals surface area contributed by atoms with E-state index in [9.17, 15) is 8.78 Å². The van der Waals surface area contributed by atoms with Crippen LogP contribution in [-0.2, 0) is 6.42 Å². The minimum absolute atomic E-state index is 0.554. The van der Waals surface area contributed by atoms with Crippen LogP contribution in [0.3, 0.4) is 0 Å². The Bertz CT molecular complexity index is 1570. The van der Waals surface area contributed by atoms with Gasteiger partial charge in [0.2, 0.25) is 0 Å². The molecule has 0 spiro atoms. The molecule has 2 aromatic heterocycles. The summed E-state index contributed by atoms with van der Waals surface area (Å²) >= 11 is 1.72. The minimum Gasteiger partial charge on any atom is -0.256 e. The summed E-state index contributed by atoms with van der Waals surface area (Å²) in [5.41, 5.74) is 4.94. The Morgan fingerprint density at radius 3 is 2.42 bits per heavy atom. The molecule has 3 fully saturated rings. The number of fused-ring (bicyclic) bond motifs is 6. The molecule has 1 atom stereocenters. The van der Waals surface area contributed by atoms with Gasteiger partial charge < -0.3 is 0 Å². The fourth-order valence-corrected chi connectivity index (χ4v) is 7.98. The third kappa shape index (κ3) is 3.92. The van der Waals surface area contributed by atoms with Gasteiger partial charge in [0.05, 0.1) is 5.69 Å². The van der Waals surface area contributed by atoms with Crippen LogP contribution in [0.25, 0.3) is 42.6 Å². The molecule has 3 saturated carbocycles. The molecule has 4 heteroatoms. The summed E-state index contributed by atoms with van der Waals surface area (Å²) in [7, 11) is 0. The Hall–Kier alpha value is -3.11. The van der Waals surface area contributed by atoms with Crippen LogP contribution in [0.4, 0.5) is 8.78 Å². The van der Waals surface area contributed by atoms with Gasteiger partial charge in [0.15, 0.2) is 0 Å². The molecular formula is C32H27F2NS. The highest BCUT2D eigenvalue weighted by atomic mass is 32.1. The third-order valence-electron chi connectivity index (χ3n) is 8.49. The number of nitrogens with zero attached hydrogens (tertiary/aromatic N) is 1. The molecule has 0 aliphatic heterocycles. The van der Waals surface area contributed by atoms with Gasteiger partial charge in [-0.2, -0.15) is 0 Å². The van der Waals surface area contributed by atoms with Gasteiger partial charge in [-0.15, -0.1) is 11.3 Å². The molecule has 1 unspecified atom stereocenters. The highest BCUT2D eigenvalue weighted by Crippen LogP contribution is 2.46. The summed E-state index contributed by atoms with van der Waals surface area (Å²) in [6.07, 6.45) is 10.2. The van der Waals surface area contributed by atoms with Crippen molar-refractivity contribution in [2.45, 2.75) is 38.5 Å². The lowest BCUT2D eigenvalue weighted by molar-refractivity contribution is 0.0991. The maximum Gasteiger partial charge on any atom is 0.126 e. The van der Waals surface area contributed by atoms with Crippen LogP contribution in [0, 0.1) is 29.4 Å². The predicted molar refractivity (Wildman–Crippen MR) is 145 cm³/mol. The average Bonchev–Trinajstić information content (AvgIpc) is 3.27. The fraction of sp³-hybridized carbons (Fsp3) is 0.281. The van der Waals surface area contributed by atoms with E-state index >= 15 is 0 Å². The van der Waals surface area contributed by atoms with Crippen molar-refractivity contribution in [2.24, 2.45) is 17.8 Å². The Morgan fingerprint density at radius 1 is 0.806 bits per heavy atom. The summed E-state index contributed by atoms with van der Waals surface area (Å²) in [4.78, 5) is 4.78. The molecule has 3 aliphatic carbocycles. The molecular weight excluding hydrogens is 468 g/mol. The maximum atomic E-state index is 13.8. The van der Waals surface area contributed by atoms with Crippen molar-refractivity contribution in [1.29, 1.82) is 0 Å². The lowest BCUT2D eigenvalue weighted by atomic mass is 9.63. The summed E-state index contributed by atoms with van der Waals surface area (Å²) in [5.74, 6) is 1.55. The van der Waals surface area contributed by atoms with Crippen LogP contribution >= 0.6 is 11.3 Å². The second-order valence-electron chi connectivity index (χ2n) is 10.7. The zero-order valence-corrected chi connectivity index (χ0v) is 20.8. The van der Waals surface area contributed by atoms with Gasteiger partial charge in [-0.25, -0.2) is 8.78 Å². The molecule has 36 heavy (non-hydrogen) atoms. The van der Waals surface area contributed by atoms with Gasteiger partial charge in [-0.1, -0.05) is 43.2 Å². The van der Waals surface area contributed by atoms with E-state index in [-0.39, 0.29) is 0 Å². The molecule has 5 aromatic rings. The Labute approximate surface area is 213 Å². The SMILES string of the molecule is Fc1cc(F)cc(-c2ccc3c(c2)sc2c(-c4cc(CC5CC6CCC5CC6)ccn4)cccc23)c1. The molecule has 0 saturated heterocycles. The van der Waals surface area contributed by atoms with E-state index in [0.29, 0.717) is 5.56 Å². The largest absolute Gasteiger partial charge is 0.256 e. The molecule has 3 aromatic carbocycles. The molecule has 2 bridgehead atoms. The van der Waals surface area contributed by atoms with Crippen molar-refractivity contribution in [1.82, 2.24) is 4.98 Å². The van der Waals surface area contributed by atoms with Crippen molar-refractivity contribution in [2.75, 3.05) is 0 Å². The van der Waals surface area contributed by atoms with E-state index in [4.69, 9.17) is 4.98 Å². The van der Waals surface area contributed by atoms with E-state index in [1.54, 1.807) is 11.3 Å². The summed E-state index contributed by atoms with van der Waals surface area (Å²) in [5, 5.41) is 2.35. The molecule has 0 amide bonds. The van der Waals surface area contributed by atoms with Gasteiger partial charge in [-0.3, -0.25) is 4.98 Å². The number of pyridine rings is 1. The molecule has 180 valence electrons. The Kier molecular flexibility index (Phi) is 5.39. The molecule has 8 rings (SSSR count). The lowest BCUT2D eigenvalue weighted by Gasteiger charge is -2.42. The van der Waals surface area contributed by atoms with Crippen LogP contribution < -0.4 is 0 Å². The second-order valence-corrected chi connectivity index (χ2v) is 11.7. The van der Waals surface area contributed by atoms with Crippen LogP contribution in [-0.4, -0.2) is 4.98 Å². The van der Waals surface area contributed by atoms with Gasteiger partial charge in [0.25, 0.3) is 0 Å². The van der Waals surface area contributed by atoms with E-state index in [1.165, 1.54) is 59.9 Å². The first-order valence-electron chi connectivity index (χ1n) is 13.0. The summed E-state index contributed by atoms with van der Waals surface area (Å²) in [6, 6.07) is 20.7. The average molecular weight is 496 g/mol. The van der Waals surface area contributed by atoms with Crippen molar-refractivity contribution >= 4 is 31.5 Å². The van der Waals surface area contributed by atoms with Crippen LogP contribution in [0.5, 0.6) is 0 Å². The third-order valence-corrected chi connectivity index (χ3v) is 9.69. The number of benzene rings is 3. The summed E-state index contributed by atoms with van der Waals surface area (Å²) < 4.78 is 29.9. The molecule has 1 nitrogen and oxygen atoms in total. The Balaban J connectivity index is 1.26. The minimum atomic E-state index is -0.560. The topological polar surface area (TPSA) is 12.9 Å². The highest BCUT2D eigenvalue weighted by Gasteiger charge is 2.35. The van der Waals surface area contributed by atoms with Gasteiger partial charge in [0, 0.05) is 38.0 Å². The molecule has 3 aliphatic rings. The van der Waals surface area contributed by atoms with Gasteiger partial charge in [-0.05, 0) is 90.5 Å². The quantitative estimate of drug-likeness (QED) is 0.242.